The van der Waals surface area contributed by atoms with Crippen LogP contribution in [-0.2, 0) is 4.79 Å². The van der Waals surface area contributed by atoms with Crippen molar-refractivity contribution in [1.29, 1.82) is 0 Å². The number of nitrogens with zero attached hydrogens (tertiary/aromatic N) is 3. The number of rotatable bonds is 8. The first-order valence-corrected chi connectivity index (χ1v) is 9.89. The fraction of sp³-hybridized carbons (Fsp3) is 0.0417. The molecule has 9 nitrogen and oxygen atoms in total. The van der Waals surface area contributed by atoms with E-state index in [1.165, 1.54) is 18.3 Å². The molecule has 0 aliphatic heterocycles. The number of amides is 1. The van der Waals surface area contributed by atoms with Gasteiger partial charge in [-0.25, -0.2) is 10.4 Å². The highest BCUT2D eigenvalue weighted by Crippen LogP contribution is 2.25. The second-order valence-corrected chi connectivity index (χ2v) is 6.84. The third kappa shape index (κ3) is 5.67. The third-order valence-corrected chi connectivity index (χ3v) is 4.55. The average molecular weight is 442 g/mol. The summed E-state index contributed by atoms with van der Waals surface area (Å²) in [6.07, 6.45) is 2.62. The van der Waals surface area contributed by atoms with E-state index in [0.29, 0.717) is 11.5 Å². The van der Waals surface area contributed by atoms with Crippen LogP contribution in [0.3, 0.4) is 0 Å². The fourth-order valence-electron chi connectivity index (χ4n) is 2.96. The lowest BCUT2D eigenvalue weighted by Gasteiger charge is -2.08. The molecule has 0 unspecified atom stereocenters. The Morgan fingerprint density at radius 1 is 1.03 bits per heavy atom. The van der Waals surface area contributed by atoms with Crippen molar-refractivity contribution in [3.63, 3.8) is 0 Å². The van der Waals surface area contributed by atoms with Gasteiger partial charge in [-0.1, -0.05) is 36.4 Å². The molecule has 0 bridgehead atoms. The first kappa shape index (κ1) is 21.4. The molecule has 4 aromatic rings. The summed E-state index contributed by atoms with van der Waals surface area (Å²) in [6, 6.07) is 23.0. The molecule has 0 aliphatic rings. The number of hydrogen-bond acceptors (Lipinski definition) is 7. The minimum Gasteiger partial charge on any atom is -0.483 e. The lowest BCUT2D eigenvalue weighted by molar-refractivity contribution is -0.385. The van der Waals surface area contributed by atoms with E-state index in [2.05, 4.69) is 15.5 Å². The number of aromatic nitrogens is 1. The summed E-state index contributed by atoms with van der Waals surface area (Å²) in [5, 5.41) is 16.6. The van der Waals surface area contributed by atoms with Crippen LogP contribution in [0.15, 0.2) is 90.2 Å². The van der Waals surface area contributed by atoms with E-state index in [0.717, 1.165) is 22.5 Å². The number of fused-ring (bicyclic) bond motifs is 1. The minimum absolute atomic E-state index is 0.113. The van der Waals surface area contributed by atoms with Crippen molar-refractivity contribution in [2.75, 3.05) is 6.61 Å². The summed E-state index contributed by atoms with van der Waals surface area (Å²) in [4.78, 5) is 26.1. The van der Waals surface area contributed by atoms with Gasteiger partial charge in [0.1, 0.15) is 17.7 Å². The maximum atomic E-state index is 12.0. The molecular weight excluding hydrogens is 424 g/mol. The van der Waals surface area contributed by atoms with Crippen LogP contribution in [0, 0.1) is 10.1 Å². The Kier molecular flexibility index (Phi) is 6.51. The zero-order valence-corrected chi connectivity index (χ0v) is 17.3. The van der Waals surface area contributed by atoms with Crippen molar-refractivity contribution < 1.29 is 19.2 Å². The van der Waals surface area contributed by atoms with Gasteiger partial charge in [0.15, 0.2) is 6.61 Å². The molecular formula is C24H18N4O5. The van der Waals surface area contributed by atoms with E-state index in [1.807, 2.05) is 42.5 Å². The predicted octanol–water partition coefficient (Wildman–Crippen LogP) is 4.46. The van der Waals surface area contributed by atoms with Crippen molar-refractivity contribution in [3.05, 3.63) is 101 Å². The monoisotopic (exact) mass is 442 g/mol. The van der Waals surface area contributed by atoms with Gasteiger partial charge in [0.2, 0.25) is 5.88 Å². The van der Waals surface area contributed by atoms with E-state index >= 15 is 0 Å². The highest BCUT2D eigenvalue weighted by molar-refractivity contribution is 5.89. The van der Waals surface area contributed by atoms with Crippen LogP contribution in [0.4, 0.5) is 5.69 Å². The van der Waals surface area contributed by atoms with Gasteiger partial charge in [0, 0.05) is 17.5 Å². The Labute approximate surface area is 188 Å². The summed E-state index contributed by atoms with van der Waals surface area (Å²) in [7, 11) is 0. The molecule has 3 aromatic carbocycles. The second kappa shape index (κ2) is 10.0. The van der Waals surface area contributed by atoms with Crippen LogP contribution in [0.1, 0.15) is 5.56 Å². The Morgan fingerprint density at radius 3 is 2.58 bits per heavy atom. The number of benzene rings is 3. The minimum atomic E-state index is -0.528. The van der Waals surface area contributed by atoms with Gasteiger partial charge in [0.25, 0.3) is 11.6 Å². The van der Waals surface area contributed by atoms with Crippen LogP contribution >= 0.6 is 0 Å². The Hall–Kier alpha value is -4.79. The molecule has 4 rings (SSSR count). The Morgan fingerprint density at radius 2 is 1.82 bits per heavy atom. The fourth-order valence-corrected chi connectivity index (χ4v) is 2.96. The van der Waals surface area contributed by atoms with E-state index in [1.54, 1.807) is 24.3 Å². The number of pyridine rings is 1. The molecule has 1 heterocycles. The molecule has 0 spiro atoms. The summed E-state index contributed by atoms with van der Waals surface area (Å²) in [5.74, 6) is 0.982. The van der Waals surface area contributed by atoms with Gasteiger partial charge in [0.05, 0.1) is 11.1 Å². The lowest BCUT2D eigenvalue weighted by atomic mass is 10.1. The summed E-state index contributed by atoms with van der Waals surface area (Å²) in [5.41, 5.74) is 3.05. The third-order valence-electron chi connectivity index (χ3n) is 4.55. The number of nitro groups is 1. The zero-order valence-electron chi connectivity index (χ0n) is 17.3. The number of ether oxygens (including phenoxy) is 2. The summed E-state index contributed by atoms with van der Waals surface area (Å²) < 4.78 is 11.2. The second-order valence-electron chi connectivity index (χ2n) is 6.84. The van der Waals surface area contributed by atoms with Crippen LogP contribution in [0.2, 0.25) is 0 Å². The van der Waals surface area contributed by atoms with Crippen molar-refractivity contribution in [2.24, 2.45) is 5.10 Å². The predicted molar refractivity (Wildman–Crippen MR) is 123 cm³/mol. The topological polar surface area (TPSA) is 116 Å². The van der Waals surface area contributed by atoms with E-state index in [9.17, 15) is 14.9 Å². The van der Waals surface area contributed by atoms with Gasteiger partial charge in [-0.3, -0.25) is 14.9 Å². The number of hydrogen-bond donors (Lipinski definition) is 1. The van der Waals surface area contributed by atoms with Gasteiger partial charge < -0.3 is 9.47 Å². The lowest BCUT2D eigenvalue weighted by Crippen LogP contribution is -2.24. The molecule has 33 heavy (non-hydrogen) atoms. The normalized spacial score (nSPS) is 10.8. The van der Waals surface area contributed by atoms with Crippen LogP contribution in [-0.4, -0.2) is 28.6 Å². The van der Waals surface area contributed by atoms with E-state index in [4.69, 9.17) is 9.47 Å². The molecule has 1 N–H and O–H groups in total. The molecule has 0 fully saturated rings. The number of nitrogens with one attached hydrogen (secondary N) is 1. The average Bonchev–Trinajstić information content (AvgIpc) is 2.84. The number of hydrazone groups is 1. The largest absolute Gasteiger partial charge is 0.483 e. The van der Waals surface area contributed by atoms with Crippen molar-refractivity contribution in [2.45, 2.75) is 0 Å². The maximum absolute atomic E-state index is 12.0. The van der Waals surface area contributed by atoms with Gasteiger partial charge in [-0.05, 0) is 41.3 Å². The van der Waals surface area contributed by atoms with Gasteiger partial charge in [-0.15, -0.1) is 0 Å². The highest BCUT2D eigenvalue weighted by Gasteiger charge is 2.07. The SMILES string of the molecule is O=C(COc1cccc2ccccc12)N/N=C/c1ccc(Oc2ccc([N+](=O)[O-])cn2)cc1. The zero-order chi connectivity index (χ0) is 23.0. The Balaban J connectivity index is 1.27. The van der Waals surface area contributed by atoms with Crippen LogP contribution in [0.25, 0.3) is 10.8 Å². The van der Waals surface area contributed by atoms with Gasteiger partial charge >= 0.3 is 0 Å². The molecule has 1 aromatic heterocycles. The number of carbonyl (C=O) groups excluding carboxylic acids is 1. The molecule has 0 aliphatic carbocycles. The van der Waals surface area contributed by atoms with Crippen LogP contribution in [0.5, 0.6) is 17.4 Å². The molecule has 0 saturated heterocycles. The first-order valence-electron chi connectivity index (χ1n) is 9.89. The molecule has 0 saturated carbocycles. The standard InChI is InChI=1S/C24H18N4O5/c29-23(16-32-22-7-3-5-18-4-1-2-6-21(18)22)27-26-14-17-8-11-20(12-9-17)33-24-13-10-19(15-25-24)28(30)31/h1-15H,16H2,(H,27,29)/b26-14+. The van der Waals surface area contributed by atoms with Crippen molar-refractivity contribution in [1.82, 2.24) is 10.4 Å². The Bertz CT molecular complexity index is 1300. The summed E-state index contributed by atoms with van der Waals surface area (Å²) in [6.45, 7) is -0.166. The maximum Gasteiger partial charge on any atom is 0.287 e. The molecule has 164 valence electrons. The molecule has 9 heteroatoms. The molecule has 0 radical (unpaired) electrons. The van der Waals surface area contributed by atoms with E-state index < -0.39 is 4.92 Å². The van der Waals surface area contributed by atoms with Crippen molar-refractivity contribution >= 4 is 28.6 Å². The summed E-state index contributed by atoms with van der Waals surface area (Å²) >= 11 is 0. The number of carbonyl (C=O) groups is 1. The molecule has 0 atom stereocenters. The highest BCUT2D eigenvalue weighted by atomic mass is 16.6. The molecule has 1 amide bonds. The van der Waals surface area contributed by atoms with Crippen LogP contribution < -0.4 is 14.9 Å². The quantitative estimate of drug-likeness (QED) is 0.245. The first-order chi connectivity index (χ1) is 16.1. The van der Waals surface area contributed by atoms with Crippen molar-refractivity contribution in [3.8, 4) is 17.4 Å². The van der Waals surface area contributed by atoms with Gasteiger partial charge in [-0.2, -0.15) is 5.10 Å². The van der Waals surface area contributed by atoms with E-state index in [-0.39, 0.29) is 24.1 Å². The smallest absolute Gasteiger partial charge is 0.287 e.